The van der Waals surface area contributed by atoms with Gasteiger partial charge in [-0.3, -0.25) is 4.79 Å². The highest BCUT2D eigenvalue weighted by Crippen LogP contribution is 2.34. The Morgan fingerprint density at radius 2 is 2.12 bits per heavy atom. The van der Waals surface area contributed by atoms with Gasteiger partial charge in [0.15, 0.2) is 0 Å². The second-order valence-corrected chi connectivity index (χ2v) is 5.14. The van der Waals surface area contributed by atoms with Crippen LogP contribution in [0.25, 0.3) is 10.9 Å². The molecule has 0 saturated heterocycles. The fourth-order valence-corrected chi connectivity index (χ4v) is 2.64. The molecule has 2 N–H and O–H groups in total. The van der Waals surface area contributed by atoms with Gasteiger partial charge in [0.2, 0.25) is 0 Å². The van der Waals surface area contributed by atoms with E-state index in [0.29, 0.717) is 21.3 Å². The van der Waals surface area contributed by atoms with Crippen molar-refractivity contribution in [1.82, 2.24) is 4.98 Å². The lowest BCUT2D eigenvalue weighted by Crippen LogP contribution is -2.01. The number of benzene rings is 1. The normalized spacial score (nSPS) is 10.9. The van der Waals surface area contributed by atoms with Crippen molar-refractivity contribution in [3.05, 3.63) is 31.4 Å². The summed E-state index contributed by atoms with van der Waals surface area (Å²) >= 11 is 14.0. The molecule has 1 aromatic carbocycles. The van der Waals surface area contributed by atoms with Crippen LogP contribution in [0.3, 0.4) is 0 Å². The van der Waals surface area contributed by atoms with Gasteiger partial charge < -0.3 is 10.1 Å². The summed E-state index contributed by atoms with van der Waals surface area (Å²) in [6, 6.07) is 3.53. The maximum atomic E-state index is 10.7. The van der Waals surface area contributed by atoms with E-state index in [1.165, 1.54) is 0 Å². The van der Waals surface area contributed by atoms with Crippen molar-refractivity contribution in [2.45, 2.75) is 6.42 Å². The van der Waals surface area contributed by atoms with Gasteiger partial charge in [0.25, 0.3) is 0 Å². The van der Waals surface area contributed by atoms with Gasteiger partial charge in [-0.25, -0.2) is 0 Å². The molecular formula is C10H6Cl2INO2. The van der Waals surface area contributed by atoms with E-state index in [9.17, 15) is 4.79 Å². The van der Waals surface area contributed by atoms with E-state index in [0.717, 1.165) is 8.96 Å². The summed E-state index contributed by atoms with van der Waals surface area (Å²) < 4.78 is 0.869. The molecule has 84 valence electrons. The fourth-order valence-electron chi connectivity index (χ4n) is 1.50. The number of aromatic nitrogens is 1. The lowest BCUT2D eigenvalue weighted by atomic mass is 10.2. The third kappa shape index (κ3) is 2.01. The summed E-state index contributed by atoms with van der Waals surface area (Å²) in [6.07, 6.45) is -0.0547. The number of aliphatic carboxylic acids is 1. The van der Waals surface area contributed by atoms with Crippen LogP contribution in [0.4, 0.5) is 0 Å². The van der Waals surface area contributed by atoms with Crippen molar-refractivity contribution < 1.29 is 9.90 Å². The Hall–Kier alpha value is -0.460. The maximum absolute atomic E-state index is 10.7. The van der Waals surface area contributed by atoms with Crippen LogP contribution in [0.15, 0.2) is 12.1 Å². The molecular weight excluding hydrogens is 364 g/mol. The Morgan fingerprint density at radius 1 is 1.44 bits per heavy atom. The van der Waals surface area contributed by atoms with E-state index in [4.69, 9.17) is 28.3 Å². The first-order chi connectivity index (χ1) is 7.50. The summed E-state index contributed by atoms with van der Waals surface area (Å²) in [6.45, 7) is 0. The zero-order valence-electron chi connectivity index (χ0n) is 7.85. The zero-order valence-corrected chi connectivity index (χ0v) is 11.5. The first-order valence-corrected chi connectivity index (χ1v) is 6.20. The van der Waals surface area contributed by atoms with E-state index in [-0.39, 0.29) is 6.42 Å². The molecule has 0 aliphatic carbocycles. The van der Waals surface area contributed by atoms with E-state index in [1.54, 1.807) is 6.07 Å². The number of hydrogen-bond acceptors (Lipinski definition) is 1. The van der Waals surface area contributed by atoms with Gasteiger partial charge >= 0.3 is 5.97 Å². The van der Waals surface area contributed by atoms with E-state index >= 15 is 0 Å². The van der Waals surface area contributed by atoms with Crippen LogP contribution < -0.4 is 0 Å². The van der Waals surface area contributed by atoms with E-state index in [1.807, 2.05) is 6.07 Å². The number of H-pyrrole nitrogens is 1. The molecule has 0 saturated carbocycles. The highest BCUT2D eigenvalue weighted by molar-refractivity contribution is 14.1. The summed E-state index contributed by atoms with van der Waals surface area (Å²) in [5, 5.41) is 10.5. The Bertz CT molecular complexity index is 580. The first-order valence-electron chi connectivity index (χ1n) is 4.36. The lowest BCUT2D eigenvalue weighted by Gasteiger charge is -1.96. The second kappa shape index (κ2) is 4.43. The molecule has 0 amide bonds. The summed E-state index contributed by atoms with van der Waals surface area (Å²) in [5.74, 6) is -0.883. The summed E-state index contributed by atoms with van der Waals surface area (Å²) in [7, 11) is 0. The standard InChI is InChI=1S/C10H6Cl2INO2/c11-5-2-1-4-9(13)6(3-7(15)16)14-10(4)8(5)12/h1-2,14H,3H2,(H,15,16). The molecule has 0 aliphatic rings. The third-order valence-corrected chi connectivity index (χ3v) is 4.24. The van der Waals surface area contributed by atoms with Gasteiger partial charge in [0, 0.05) is 14.7 Å². The molecule has 0 atom stereocenters. The van der Waals surface area contributed by atoms with Gasteiger partial charge in [0.05, 0.1) is 22.0 Å². The molecule has 1 heterocycles. The van der Waals surface area contributed by atoms with E-state index < -0.39 is 5.97 Å². The molecule has 0 unspecified atom stereocenters. The van der Waals surface area contributed by atoms with Crippen LogP contribution in [0.5, 0.6) is 0 Å². The molecule has 3 nitrogen and oxygen atoms in total. The molecule has 2 aromatic rings. The van der Waals surface area contributed by atoms with E-state index in [2.05, 4.69) is 27.6 Å². The number of rotatable bonds is 2. The minimum atomic E-state index is -0.883. The lowest BCUT2D eigenvalue weighted by molar-refractivity contribution is -0.136. The van der Waals surface area contributed by atoms with Crippen molar-refractivity contribution in [1.29, 1.82) is 0 Å². The van der Waals surface area contributed by atoms with Crippen LogP contribution in [0, 0.1) is 3.57 Å². The fraction of sp³-hybridized carbons (Fsp3) is 0.100. The Kier molecular flexibility index (Phi) is 3.32. The monoisotopic (exact) mass is 369 g/mol. The Labute approximate surface area is 115 Å². The van der Waals surface area contributed by atoms with Crippen LogP contribution in [0.2, 0.25) is 10.0 Å². The summed E-state index contributed by atoms with van der Waals surface area (Å²) in [5.41, 5.74) is 1.34. The van der Waals surface area contributed by atoms with Crippen LogP contribution >= 0.6 is 45.8 Å². The molecule has 2 rings (SSSR count). The highest BCUT2D eigenvalue weighted by atomic mass is 127. The molecule has 0 radical (unpaired) electrons. The first kappa shape index (κ1) is 12.0. The average Bonchev–Trinajstić information content (AvgIpc) is 2.51. The third-order valence-electron chi connectivity index (χ3n) is 2.20. The van der Waals surface area contributed by atoms with Gasteiger partial charge in [-0.15, -0.1) is 0 Å². The van der Waals surface area contributed by atoms with Crippen molar-refractivity contribution >= 4 is 62.7 Å². The van der Waals surface area contributed by atoms with Crippen molar-refractivity contribution in [2.24, 2.45) is 0 Å². The van der Waals surface area contributed by atoms with Gasteiger partial charge in [-0.05, 0) is 28.7 Å². The number of carboxylic acid groups (broad SMARTS) is 1. The molecule has 16 heavy (non-hydrogen) atoms. The molecule has 6 heteroatoms. The van der Waals surface area contributed by atoms with Gasteiger partial charge in [0.1, 0.15) is 0 Å². The molecule has 0 fully saturated rings. The molecule has 1 aromatic heterocycles. The number of fused-ring (bicyclic) bond motifs is 1. The van der Waals surface area contributed by atoms with Crippen LogP contribution in [-0.4, -0.2) is 16.1 Å². The second-order valence-electron chi connectivity index (χ2n) is 3.27. The minimum Gasteiger partial charge on any atom is -0.481 e. The minimum absolute atomic E-state index is 0.0547. The number of hydrogen-bond donors (Lipinski definition) is 2. The number of halogens is 3. The van der Waals surface area contributed by atoms with Gasteiger partial charge in [-0.1, -0.05) is 29.3 Å². The number of nitrogens with one attached hydrogen (secondary N) is 1. The number of carbonyl (C=O) groups is 1. The number of aromatic amines is 1. The van der Waals surface area contributed by atoms with Crippen LogP contribution in [-0.2, 0) is 11.2 Å². The average molecular weight is 370 g/mol. The topological polar surface area (TPSA) is 53.1 Å². The van der Waals surface area contributed by atoms with Crippen molar-refractivity contribution in [2.75, 3.05) is 0 Å². The predicted octanol–water partition coefficient (Wildman–Crippen LogP) is 3.71. The van der Waals surface area contributed by atoms with Crippen molar-refractivity contribution in [3.63, 3.8) is 0 Å². The molecule has 0 aliphatic heterocycles. The van der Waals surface area contributed by atoms with Crippen LogP contribution in [0.1, 0.15) is 5.69 Å². The Morgan fingerprint density at radius 3 is 2.75 bits per heavy atom. The summed E-state index contributed by atoms with van der Waals surface area (Å²) in [4.78, 5) is 13.7. The molecule has 0 spiro atoms. The predicted molar refractivity (Wildman–Crippen MR) is 72.4 cm³/mol. The smallest absolute Gasteiger partial charge is 0.309 e. The SMILES string of the molecule is O=C(O)Cc1[nH]c2c(Cl)c(Cl)ccc2c1I. The Balaban J connectivity index is 2.67. The zero-order chi connectivity index (χ0) is 11.9. The molecule has 0 bridgehead atoms. The quantitative estimate of drug-likeness (QED) is 0.793. The maximum Gasteiger partial charge on any atom is 0.309 e. The highest BCUT2D eigenvalue weighted by Gasteiger charge is 2.14. The number of carboxylic acids is 1. The largest absolute Gasteiger partial charge is 0.481 e. The van der Waals surface area contributed by atoms with Gasteiger partial charge in [-0.2, -0.15) is 0 Å². The van der Waals surface area contributed by atoms with Crippen molar-refractivity contribution in [3.8, 4) is 0 Å².